The van der Waals surface area contributed by atoms with Crippen molar-refractivity contribution >= 4 is 11.9 Å². The first-order chi connectivity index (χ1) is 7.55. The third kappa shape index (κ3) is 2.51. The SMILES string of the molecule is CCC(OC)C(=O)NC1(C(=O)O)CCOC1. The Bertz CT molecular complexity index is 268. The number of aliphatic carboxylic acids is 1. The lowest BCUT2D eigenvalue weighted by Crippen LogP contribution is -2.57. The van der Waals surface area contributed by atoms with Gasteiger partial charge in [-0.25, -0.2) is 4.79 Å². The molecule has 0 aromatic carbocycles. The number of carbonyl (C=O) groups is 2. The molecule has 2 unspecified atom stereocenters. The average molecular weight is 231 g/mol. The first-order valence-electron chi connectivity index (χ1n) is 5.21. The van der Waals surface area contributed by atoms with Gasteiger partial charge in [0.25, 0.3) is 0 Å². The molecule has 1 amide bonds. The molecule has 1 aliphatic heterocycles. The molecule has 1 aliphatic rings. The van der Waals surface area contributed by atoms with Gasteiger partial charge < -0.3 is 19.9 Å². The fourth-order valence-electron chi connectivity index (χ4n) is 1.66. The molecule has 0 spiro atoms. The van der Waals surface area contributed by atoms with E-state index in [1.54, 1.807) is 6.92 Å². The molecule has 16 heavy (non-hydrogen) atoms. The molecule has 0 bridgehead atoms. The predicted octanol–water partition coefficient (Wildman–Crippen LogP) is -0.229. The molecular formula is C10H17NO5. The topological polar surface area (TPSA) is 84.9 Å². The summed E-state index contributed by atoms with van der Waals surface area (Å²) in [7, 11) is 1.42. The lowest BCUT2D eigenvalue weighted by molar-refractivity contribution is -0.149. The minimum atomic E-state index is -1.29. The molecule has 2 N–H and O–H groups in total. The van der Waals surface area contributed by atoms with Gasteiger partial charge in [-0.05, 0) is 6.42 Å². The zero-order chi connectivity index (χ0) is 12.2. The van der Waals surface area contributed by atoms with Crippen LogP contribution >= 0.6 is 0 Å². The molecular weight excluding hydrogens is 214 g/mol. The van der Waals surface area contributed by atoms with Crippen molar-refractivity contribution < 1.29 is 24.2 Å². The number of hydrogen-bond acceptors (Lipinski definition) is 4. The molecule has 0 aromatic rings. The van der Waals surface area contributed by atoms with E-state index in [-0.39, 0.29) is 13.0 Å². The van der Waals surface area contributed by atoms with Gasteiger partial charge in [-0.15, -0.1) is 0 Å². The van der Waals surface area contributed by atoms with Crippen LogP contribution in [0.25, 0.3) is 0 Å². The molecule has 0 aromatic heterocycles. The van der Waals surface area contributed by atoms with E-state index < -0.39 is 23.5 Å². The highest BCUT2D eigenvalue weighted by Crippen LogP contribution is 2.19. The summed E-state index contributed by atoms with van der Waals surface area (Å²) in [4.78, 5) is 22.8. The van der Waals surface area contributed by atoms with Crippen LogP contribution in [-0.2, 0) is 19.1 Å². The van der Waals surface area contributed by atoms with Crippen LogP contribution < -0.4 is 5.32 Å². The maximum atomic E-state index is 11.7. The molecule has 6 nitrogen and oxygen atoms in total. The summed E-state index contributed by atoms with van der Waals surface area (Å²) in [6, 6.07) is 0. The Morgan fingerprint density at radius 2 is 2.31 bits per heavy atom. The molecule has 0 saturated carbocycles. The third-order valence-electron chi connectivity index (χ3n) is 2.74. The third-order valence-corrected chi connectivity index (χ3v) is 2.74. The predicted molar refractivity (Wildman–Crippen MR) is 55.0 cm³/mol. The minimum absolute atomic E-state index is 0.00816. The largest absolute Gasteiger partial charge is 0.479 e. The lowest BCUT2D eigenvalue weighted by Gasteiger charge is -2.25. The Hall–Kier alpha value is -1.14. The molecule has 6 heteroatoms. The molecule has 2 atom stereocenters. The molecule has 1 rings (SSSR count). The zero-order valence-electron chi connectivity index (χ0n) is 9.49. The Morgan fingerprint density at radius 1 is 1.62 bits per heavy atom. The van der Waals surface area contributed by atoms with Crippen molar-refractivity contribution in [3.63, 3.8) is 0 Å². The van der Waals surface area contributed by atoms with Crippen LogP contribution in [-0.4, -0.2) is 48.9 Å². The molecule has 0 radical (unpaired) electrons. The summed E-state index contributed by atoms with van der Waals surface area (Å²) >= 11 is 0. The van der Waals surface area contributed by atoms with E-state index in [1.165, 1.54) is 7.11 Å². The average Bonchev–Trinajstić information content (AvgIpc) is 2.69. The summed E-state index contributed by atoms with van der Waals surface area (Å²) < 4.78 is 9.98. The maximum absolute atomic E-state index is 11.7. The van der Waals surface area contributed by atoms with Crippen molar-refractivity contribution in [1.82, 2.24) is 5.32 Å². The highest BCUT2D eigenvalue weighted by molar-refractivity contribution is 5.89. The van der Waals surface area contributed by atoms with E-state index >= 15 is 0 Å². The number of ether oxygens (including phenoxy) is 2. The minimum Gasteiger partial charge on any atom is -0.479 e. The van der Waals surface area contributed by atoms with Crippen LogP contribution in [0.15, 0.2) is 0 Å². The summed E-state index contributed by atoms with van der Waals surface area (Å²) in [6.45, 7) is 2.15. The Balaban J connectivity index is 2.69. The fraction of sp³-hybridized carbons (Fsp3) is 0.800. The van der Waals surface area contributed by atoms with Gasteiger partial charge in [0.15, 0.2) is 5.54 Å². The van der Waals surface area contributed by atoms with Crippen molar-refractivity contribution in [3.05, 3.63) is 0 Å². The van der Waals surface area contributed by atoms with Gasteiger partial charge in [0.1, 0.15) is 6.10 Å². The number of methoxy groups -OCH3 is 1. The lowest BCUT2D eigenvalue weighted by atomic mass is 9.98. The Labute approximate surface area is 93.9 Å². The summed E-state index contributed by atoms with van der Waals surface area (Å²) in [5.74, 6) is -1.47. The van der Waals surface area contributed by atoms with Crippen LogP contribution in [0.1, 0.15) is 19.8 Å². The van der Waals surface area contributed by atoms with Crippen molar-refractivity contribution in [2.75, 3.05) is 20.3 Å². The van der Waals surface area contributed by atoms with Gasteiger partial charge in [-0.3, -0.25) is 4.79 Å². The molecule has 0 aliphatic carbocycles. The number of carboxylic acids is 1. The van der Waals surface area contributed by atoms with E-state index in [4.69, 9.17) is 14.6 Å². The highest BCUT2D eigenvalue weighted by atomic mass is 16.5. The number of amides is 1. The number of carbonyl (C=O) groups excluding carboxylic acids is 1. The number of nitrogens with one attached hydrogen (secondary N) is 1. The molecule has 1 saturated heterocycles. The first-order valence-corrected chi connectivity index (χ1v) is 5.21. The van der Waals surface area contributed by atoms with Crippen LogP contribution in [0.4, 0.5) is 0 Å². The van der Waals surface area contributed by atoms with E-state index in [2.05, 4.69) is 5.32 Å². The Morgan fingerprint density at radius 3 is 2.69 bits per heavy atom. The number of hydrogen-bond donors (Lipinski definition) is 2. The summed E-state index contributed by atoms with van der Waals surface area (Å²) in [5.41, 5.74) is -1.29. The van der Waals surface area contributed by atoms with Gasteiger partial charge in [0, 0.05) is 20.1 Å². The van der Waals surface area contributed by atoms with Crippen LogP contribution in [0, 0.1) is 0 Å². The van der Waals surface area contributed by atoms with Crippen LogP contribution in [0.3, 0.4) is 0 Å². The van der Waals surface area contributed by atoms with E-state index in [0.29, 0.717) is 13.0 Å². The van der Waals surface area contributed by atoms with Gasteiger partial charge in [-0.2, -0.15) is 0 Å². The quantitative estimate of drug-likeness (QED) is 0.682. The summed E-state index contributed by atoms with van der Waals surface area (Å²) in [5, 5.41) is 11.6. The van der Waals surface area contributed by atoms with Crippen molar-refractivity contribution in [2.24, 2.45) is 0 Å². The standard InChI is InChI=1S/C10H17NO5/c1-3-7(15-2)8(12)11-10(9(13)14)4-5-16-6-10/h7H,3-6H2,1-2H3,(H,11,12)(H,13,14). The second-order valence-corrected chi connectivity index (χ2v) is 3.81. The van der Waals surface area contributed by atoms with E-state index in [0.717, 1.165) is 0 Å². The molecule has 1 heterocycles. The van der Waals surface area contributed by atoms with Crippen LogP contribution in [0.5, 0.6) is 0 Å². The van der Waals surface area contributed by atoms with Crippen molar-refractivity contribution in [2.45, 2.75) is 31.4 Å². The Kier molecular flexibility index (Phi) is 4.26. The van der Waals surface area contributed by atoms with Gasteiger partial charge in [0.05, 0.1) is 6.61 Å². The highest BCUT2D eigenvalue weighted by Gasteiger charge is 2.44. The van der Waals surface area contributed by atoms with Crippen molar-refractivity contribution in [1.29, 1.82) is 0 Å². The molecule has 1 fully saturated rings. The van der Waals surface area contributed by atoms with Gasteiger partial charge in [0.2, 0.25) is 5.91 Å². The second-order valence-electron chi connectivity index (χ2n) is 3.81. The summed E-state index contributed by atoms with van der Waals surface area (Å²) in [6.07, 6.45) is 0.171. The van der Waals surface area contributed by atoms with E-state index in [1.807, 2.05) is 0 Å². The molecule has 92 valence electrons. The number of carboxylic acid groups (broad SMARTS) is 1. The maximum Gasteiger partial charge on any atom is 0.331 e. The second kappa shape index (κ2) is 5.27. The van der Waals surface area contributed by atoms with Gasteiger partial charge in [-0.1, -0.05) is 6.92 Å². The first kappa shape index (κ1) is 12.9. The zero-order valence-corrected chi connectivity index (χ0v) is 9.49. The fourth-order valence-corrected chi connectivity index (χ4v) is 1.66. The smallest absolute Gasteiger partial charge is 0.331 e. The monoisotopic (exact) mass is 231 g/mol. The number of rotatable bonds is 5. The van der Waals surface area contributed by atoms with Crippen LogP contribution in [0.2, 0.25) is 0 Å². The van der Waals surface area contributed by atoms with E-state index in [9.17, 15) is 9.59 Å². The normalized spacial score (nSPS) is 26.4. The van der Waals surface area contributed by atoms with Crippen molar-refractivity contribution in [3.8, 4) is 0 Å². The van der Waals surface area contributed by atoms with Gasteiger partial charge >= 0.3 is 5.97 Å².